The predicted octanol–water partition coefficient (Wildman–Crippen LogP) is 2.26. The van der Waals surface area contributed by atoms with E-state index in [4.69, 9.17) is 0 Å². The number of halogens is 1. The Morgan fingerprint density at radius 1 is 1.50 bits per heavy atom. The first kappa shape index (κ1) is 9.46. The molecule has 1 unspecified atom stereocenters. The quantitative estimate of drug-likeness (QED) is 0.720. The van der Waals surface area contributed by atoms with Crippen molar-refractivity contribution < 1.29 is 9.50 Å². The van der Waals surface area contributed by atoms with Crippen LogP contribution >= 0.6 is 0 Å². The molecule has 2 rings (SSSR count). The van der Waals surface area contributed by atoms with Gasteiger partial charge in [-0.05, 0) is 44.0 Å². The first-order chi connectivity index (χ1) is 6.68. The first-order valence-corrected chi connectivity index (χ1v) is 4.91. The van der Waals surface area contributed by atoms with Crippen LogP contribution in [0, 0.1) is 12.7 Å². The molecule has 1 saturated heterocycles. The SMILES string of the molecule is Cc1c(O)cc(C2CCCN2)cc1F. The molecule has 0 aromatic heterocycles. The fourth-order valence-corrected chi connectivity index (χ4v) is 1.85. The molecule has 1 aromatic carbocycles. The van der Waals surface area contributed by atoms with Gasteiger partial charge in [0.05, 0.1) is 0 Å². The zero-order valence-corrected chi connectivity index (χ0v) is 8.18. The Hall–Kier alpha value is -1.09. The van der Waals surface area contributed by atoms with Gasteiger partial charge in [0, 0.05) is 11.6 Å². The Bertz CT molecular complexity index is 322. The molecule has 76 valence electrons. The van der Waals surface area contributed by atoms with E-state index in [0.717, 1.165) is 24.9 Å². The summed E-state index contributed by atoms with van der Waals surface area (Å²) in [5, 5.41) is 12.7. The summed E-state index contributed by atoms with van der Waals surface area (Å²) in [6.45, 7) is 2.55. The van der Waals surface area contributed by atoms with Crippen molar-refractivity contribution in [3.05, 3.63) is 29.1 Å². The highest BCUT2D eigenvalue weighted by atomic mass is 19.1. The minimum Gasteiger partial charge on any atom is -0.508 e. The molecule has 1 fully saturated rings. The zero-order valence-electron chi connectivity index (χ0n) is 8.18. The molecule has 1 aliphatic rings. The van der Waals surface area contributed by atoms with Crippen molar-refractivity contribution in [3.8, 4) is 5.75 Å². The molecule has 0 aliphatic carbocycles. The number of phenolic OH excluding ortho intramolecular Hbond substituents is 1. The number of hydrogen-bond donors (Lipinski definition) is 2. The Morgan fingerprint density at radius 3 is 2.86 bits per heavy atom. The highest BCUT2D eigenvalue weighted by Crippen LogP contribution is 2.29. The lowest BCUT2D eigenvalue weighted by atomic mass is 10.0. The third-order valence-corrected chi connectivity index (χ3v) is 2.80. The summed E-state index contributed by atoms with van der Waals surface area (Å²) < 4.78 is 13.3. The van der Waals surface area contributed by atoms with Crippen LogP contribution in [0.4, 0.5) is 4.39 Å². The van der Waals surface area contributed by atoms with Crippen LogP contribution in [0.5, 0.6) is 5.75 Å². The second-order valence-electron chi connectivity index (χ2n) is 3.80. The van der Waals surface area contributed by atoms with Gasteiger partial charge in [-0.25, -0.2) is 4.39 Å². The minimum atomic E-state index is -0.325. The molecule has 14 heavy (non-hydrogen) atoms. The summed E-state index contributed by atoms with van der Waals surface area (Å²) in [6, 6.07) is 3.37. The van der Waals surface area contributed by atoms with Gasteiger partial charge in [0.15, 0.2) is 0 Å². The molecule has 0 spiro atoms. The molecule has 0 bridgehead atoms. The largest absolute Gasteiger partial charge is 0.508 e. The molecule has 2 N–H and O–H groups in total. The number of nitrogens with one attached hydrogen (secondary N) is 1. The Labute approximate surface area is 82.8 Å². The van der Waals surface area contributed by atoms with Crippen LogP contribution in [-0.2, 0) is 0 Å². The third kappa shape index (κ3) is 1.60. The zero-order chi connectivity index (χ0) is 10.1. The van der Waals surface area contributed by atoms with E-state index < -0.39 is 0 Å². The van der Waals surface area contributed by atoms with Gasteiger partial charge in [-0.3, -0.25) is 0 Å². The van der Waals surface area contributed by atoms with Crippen molar-refractivity contribution in [1.82, 2.24) is 5.32 Å². The summed E-state index contributed by atoms with van der Waals surface area (Å²) in [4.78, 5) is 0. The van der Waals surface area contributed by atoms with Gasteiger partial charge in [-0.2, -0.15) is 0 Å². The first-order valence-electron chi connectivity index (χ1n) is 4.91. The number of phenols is 1. The van der Waals surface area contributed by atoms with E-state index in [2.05, 4.69) is 5.32 Å². The molecule has 1 heterocycles. The molecule has 1 aliphatic heterocycles. The van der Waals surface area contributed by atoms with Crippen molar-refractivity contribution in [2.24, 2.45) is 0 Å². The van der Waals surface area contributed by atoms with Crippen molar-refractivity contribution in [2.75, 3.05) is 6.54 Å². The maximum atomic E-state index is 13.3. The Kier molecular flexibility index (Phi) is 2.42. The van der Waals surface area contributed by atoms with Crippen molar-refractivity contribution in [2.45, 2.75) is 25.8 Å². The molecule has 2 nitrogen and oxygen atoms in total. The molecule has 3 heteroatoms. The highest BCUT2D eigenvalue weighted by molar-refractivity contribution is 5.38. The monoisotopic (exact) mass is 195 g/mol. The van der Waals surface area contributed by atoms with Gasteiger partial charge in [-0.1, -0.05) is 0 Å². The van der Waals surface area contributed by atoms with E-state index in [1.54, 1.807) is 13.0 Å². The van der Waals surface area contributed by atoms with Crippen LogP contribution in [0.15, 0.2) is 12.1 Å². The maximum absolute atomic E-state index is 13.3. The second-order valence-corrected chi connectivity index (χ2v) is 3.80. The molecule has 0 saturated carbocycles. The summed E-state index contributed by atoms with van der Waals surface area (Å²) >= 11 is 0. The van der Waals surface area contributed by atoms with Crippen LogP contribution in [-0.4, -0.2) is 11.7 Å². The van der Waals surface area contributed by atoms with Crippen LogP contribution in [0.25, 0.3) is 0 Å². The van der Waals surface area contributed by atoms with E-state index in [1.165, 1.54) is 6.07 Å². The van der Waals surface area contributed by atoms with Gasteiger partial charge in [-0.15, -0.1) is 0 Å². The van der Waals surface area contributed by atoms with Crippen LogP contribution in [0.1, 0.15) is 30.0 Å². The number of benzene rings is 1. The predicted molar refractivity (Wildman–Crippen MR) is 52.8 cm³/mol. The summed E-state index contributed by atoms with van der Waals surface area (Å²) in [7, 11) is 0. The van der Waals surface area contributed by atoms with Crippen molar-refractivity contribution in [1.29, 1.82) is 0 Å². The average Bonchev–Trinajstić information content (AvgIpc) is 2.66. The fraction of sp³-hybridized carbons (Fsp3) is 0.455. The van der Waals surface area contributed by atoms with Gasteiger partial charge >= 0.3 is 0 Å². The maximum Gasteiger partial charge on any atom is 0.130 e. The molecule has 0 amide bonds. The van der Waals surface area contributed by atoms with E-state index in [-0.39, 0.29) is 17.6 Å². The number of hydrogen-bond acceptors (Lipinski definition) is 2. The van der Waals surface area contributed by atoms with Crippen molar-refractivity contribution in [3.63, 3.8) is 0 Å². The number of aromatic hydroxyl groups is 1. The number of rotatable bonds is 1. The van der Waals surface area contributed by atoms with Gasteiger partial charge in [0.2, 0.25) is 0 Å². The standard InChI is InChI=1S/C11H14FNO/c1-7-9(12)5-8(6-11(7)14)10-3-2-4-13-10/h5-6,10,13-14H,2-4H2,1H3. The molecule has 1 atom stereocenters. The van der Waals surface area contributed by atoms with Crippen LogP contribution < -0.4 is 5.32 Å². The smallest absolute Gasteiger partial charge is 0.130 e. The van der Waals surface area contributed by atoms with Gasteiger partial charge in [0.25, 0.3) is 0 Å². The summed E-state index contributed by atoms with van der Waals surface area (Å²) in [5.74, 6) is -0.276. The Morgan fingerprint density at radius 2 is 2.29 bits per heavy atom. The van der Waals surface area contributed by atoms with Crippen LogP contribution in [0.2, 0.25) is 0 Å². The second kappa shape index (κ2) is 3.58. The lowest BCUT2D eigenvalue weighted by Crippen LogP contribution is -2.13. The summed E-state index contributed by atoms with van der Waals surface area (Å²) in [6.07, 6.45) is 2.13. The molecule has 1 aromatic rings. The van der Waals surface area contributed by atoms with Gasteiger partial charge < -0.3 is 10.4 Å². The minimum absolute atomic E-state index is 0.0497. The van der Waals surface area contributed by atoms with E-state index in [9.17, 15) is 9.50 Å². The van der Waals surface area contributed by atoms with E-state index in [1.807, 2.05) is 0 Å². The fourth-order valence-electron chi connectivity index (χ4n) is 1.85. The highest BCUT2D eigenvalue weighted by Gasteiger charge is 2.18. The third-order valence-electron chi connectivity index (χ3n) is 2.80. The topological polar surface area (TPSA) is 32.3 Å². The Balaban J connectivity index is 2.34. The van der Waals surface area contributed by atoms with Crippen molar-refractivity contribution >= 4 is 0 Å². The average molecular weight is 195 g/mol. The normalized spacial score (nSPS) is 21.4. The lowest BCUT2D eigenvalue weighted by Gasteiger charge is -2.12. The molecular formula is C11H14FNO. The van der Waals surface area contributed by atoms with E-state index in [0.29, 0.717) is 5.56 Å². The van der Waals surface area contributed by atoms with Gasteiger partial charge in [0.1, 0.15) is 11.6 Å². The molecule has 0 radical (unpaired) electrons. The molecular weight excluding hydrogens is 181 g/mol. The van der Waals surface area contributed by atoms with Crippen LogP contribution in [0.3, 0.4) is 0 Å². The van der Waals surface area contributed by atoms with E-state index >= 15 is 0 Å². The summed E-state index contributed by atoms with van der Waals surface area (Å²) in [5.41, 5.74) is 1.18. The lowest BCUT2D eigenvalue weighted by molar-refractivity contribution is 0.459.